The fourth-order valence-corrected chi connectivity index (χ4v) is 3.09. The molecule has 1 aromatic carbocycles. The number of nitrogens with zero attached hydrogens (tertiary/aromatic N) is 1. The molecule has 124 valence electrons. The van der Waals surface area contributed by atoms with Crippen LogP contribution in [0.15, 0.2) is 24.3 Å². The third kappa shape index (κ3) is 3.61. The second-order valence-electron chi connectivity index (χ2n) is 6.98. The summed E-state index contributed by atoms with van der Waals surface area (Å²) >= 11 is 0. The van der Waals surface area contributed by atoms with Crippen molar-refractivity contribution in [3.63, 3.8) is 0 Å². The maximum Gasteiger partial charge on any atom is 0.232 e. The summed E-state index contributed by atoms with van der Waals surface area (Å²) < 4.78 is 13.5. The van der Waals surface area contributed by atoms with Crippen LogP contribution < -0.4 is 5.73 Å². The second-order valence-corrected chi connectivity index (χ2v) is 6.98. The molecule has 2 rings (SSSR count). The molecule has 0 bridgehead atoms. The van der Waals surface area contributed by atoms with Crippen molar-refractivity contribution < 1.29 is 9.18 Å². The van der Waals surface area contributed by atoms with Crippen molar-refractivity contribution in [3.8, 4) is 0 Å². The zero-order valence-electron chi connectivity index (χ0n) is 13.6. The number of rotatable bonds is 5. The van der Waals surface area contributed by atoms with Crippen LogP contribution in [0.5, 0.6) is 0 Å². The Balaban J connectivity index is 0.00000242. The first-order chi connectivity index (χ1) is 9.81. The average Bonchev–Trinajstić information content (AvgIpc) is 2.37. The van der Waals surface area contributed by atoms with E-state index in [9.17, 15) is 9.18 Å². The molecule has 0 atom stereocenters. The van der Waals surface area contributed by atoms with Gasteiger partial charge >= 0.3 is 0 Å². The van der Waals surface area contributed by atoms with Gasteiger partial charge in [0.1, 0.15) is 5.82 Å². The molecule has 1 aliphatic rings. The third-order valence-electron chi connectivity index (χ3n) is 4.56. The SMILES string of the molecule is CN(CC(C)(C)CN)C(=O)C1(c2cccc(F)c2)CCC1.Cl. The first kappa shape index (κ1) is 18.9. The first-order valence-electron chi connectivity index (χ1n) is 7.52. The molecule has 0 heterocycles. The Morgan fingerprint density at radius 3 is 2.50 bits per heavy atom. The Kier molecular flexibility index (Phi) is 5.99. The highest BCUT2D eigenvalue weighted by Crippen LogP contribution is 2.45. The largest absolute Gasteiger partial charge is 0.344 e. The molecular formula is C17H26ClFN2O. The van der Waals surface area contributed by atoms with E-state index >= 15 is 0 Å². The van der Waals surface area contributed by atoms with Gasteiger partial charge in [0.15, 0.2) is 0 Å². The van der Waals surface area contributed by atoms with Gasteiger partial charge in [0.2, 0.25) is 5.91 Å². The third-order valence-corrected chi connectivity index (χ3v) is 4.56. The number of hydrogen-bond donors (Lipinski definition) is 1. The number of halogens is 2. The molecule has 1 aliphatic carbocycles. The van der Waals surface area contributed by atoms with E-state index in [0.717, 1.165) is 24.8 Å². The minimum Gasteiger partial charge on any atom is -0.344 e. The number of carbonyl (C=O) groups is 1. The number of likely N-dealkylation sites (N-methyl/N-ethyl adjacent to an activating group) is 1. The molecule has 3 nitrogen and oxygen atoms in total. The minimum atomic E-state index is -0.540. The molecule has 0 radical (unpaired) electrons. The van der Waals surface area contributed by atoms with E-state index in [0.29, 0.717) is 13.1 Å². The number of benzene rings is 1. The molecule has 2 N–H and O–H groups in total. The lowest BCUT2D eigenvalue weighted by Crippen LogP contribution is -2.52. The van der Waals surface area contributed by atoms with E-state index in [-0.39, 0.29) is 29.5 Å². The lowest BCUT2D eigenvalue weighted by atomic mass is 9.63. The molecule has 1 saturated carbocycles. The van der Waals surface area contributed by atoms with Crippen LogP contribution in [0.4, 0.5) is 4.39 Å². The van der Waals surface area contributed by atoms with Gasteiger partial charge in [0.05, 0.1) is 5.41 Å². The monoisotopic (exact) mass is 328 g/mol. The van der Waals surface area contributed by atoms with Gasteiger partial charge in [0, 0.05) is 13.6 Å². The van der Waals surface area contributed by atoms with Gasteiger partial charge in [-0.3, -0.25) is 4.79 Å². The van der Waals surface area contributed by atoms with Gasteiger partial charge in [-0.1, -0.05) is 32.4 Å². The fourth-order valence-electron chi connectivity index (χ4n) is 3.09. The van der Waals surface area contributed by atoms with E-state index in [1.54, 1.807) is 11.0 Å². The summed E-state index contributed by atoms with van der Waals surface area (Å²) in [5.41, 5.74) is 5.90. The van der Waals surface area contributed by atoms with Crippen molar-refractivity contribution >= 4 is 18.3 Å². The lowest BCUT2D eigenvalue weighted by molar-refractivity contribution is -0.140. The zero-order chi connectivity index (χ0) is 15.7. The Morgan fingerprint density at radius 1 is 1.41 bits per heavy atom. The fraction of sp³-hybridized carbons (Fsp3) is 0.588. The van der Waals surface area contributed by atoms with Crippen molar-refractivity contribution in [2.24, 2.45) is 11.1 Å². The normalized spacial score (nSPS) is 16.4. The molecule has 0 saturated heterocycles. The summed E-state index contributed by atoms with van der Waals surface area (Å²) in [6.07, 6.45) is 2.60. The Labute approximate surface area is 138 Å². The molecule has 5 heteroatoms. The first-order valence-corrected chi connectivity index (χ1v) is 7.52. The maximum absolute atomic E-state index is 13.5. The Morgan fingerprint density at radius 2 is 2.05 bits per heavy atom. The van der Waals surface area contributed by atoms with E-state index in [1.165, 1.54) is 12.1 Å². The van der Waals surface area contributed by atoms with E-state index in [1.807, 2.05) is 27.0 Å². The number of hydrogen-bond acceptors (Lipinski definition) is 2. The Hall–Kier alpha value is -1.13. The highest BCUT2D eigenvalue weighted by Gasteiger charge is 2.47. The van der Waals surface area contributed by atoms with E-state index in [4.69, 9.17) is 5.73 Å². The van der Waals surface area contributed by atoms with E-state index < -0.39 is 5.41 Å². The summed E-state index contributed by atoms with van der Waals surface area (Å²) in [6.45, 7) is 5.23. The quantitative estimate of drug-likeness (QED) is 0.902. The average molecular weight is 329 g/mol. The highest BCUT2D eigenvalue weighted by atomic mass is 35.5. The number of nitrogens with two attached hydrogens (primary N) is 1. The summed E-state index contributed by atoms with van der Waals surface area (Å²) in [6, 6.07) is 6.46. The molecule has 0 aromatic heterocycles. The summed E-state index contributed by atoms with van der Waals surface area (Å²) in [4.78, 5) is 14.7. The number of carbonyl (C=O) groups excluding carboxylic acids is 1. The van der Waals surface area contributed by atoms with E-state index in [2.05, 4.69) is 0 Å². The lowest BCUT2D eigenvalue weighted by Gasteiger charge is -2.44. The van der Waals surface area contributed by atoms with Crippen LogP contribution in [0.3, 0.4) is 0 Å². The van der Waals surface area contributed by atoms with Gasteiger partial charge in [-0.15, -0.1) is 12.4 Å². The summed E-state index contributed by atoms with van der Waals surface area (Å²) in [5.74, 6) is -0.197. The summed E-state index contributed by atoms with van der Waals surface area (Å²) in [7, 11) is 1.82. The zero-order valence-corrected chi connectivity index (χ0v) is 14.4. The van der Waals surface area contributed by atoms with Crippen LogP contribution >= 0.6 is 12.4 Å². The van der Waals surface area contributed by atoms with Crippen LogP contribution in [0.25, 0.3) is 0 Å². The van der Waals surface area contributed by atoms with Gasteiger partial charge < -0.3 is 10.6 Å². The van der Waals surface area contributed by atoms with Crippen molar-refractivity contribution in [2.75, 3.05) is 20.1 Å². The number of amides is 1. The predicted molar refractivity (Wildman–Crippen MR) is 89.6 cm³/mol. The topological polar surface area (TPSA) is 46.3 Å². The molecule has 1 fully saturated rings. The van der Waals surface area contributed by atoms with Crippen LogP contribution in [-0.4, -0.2) is 30.9 Å². The van der Waals surface area contributed by atoms with Crippen LogP contribution in [-0.2, 0) is 10.2 Å². The molecule has 0 aliphatic heterocycles. The van der Waals surface area contributed by atoms with Crippen molar-refractivity contribution in [2.45, 2.75) is 38.5 Å². The standard InChI is InChI=1S/C17H25FN2O.ClH/c1-16(2,11-19)12-20(3)15(21)17(8-5-9-17)13-6-4-7-14(18)10-13;/h4,6-7,10H,5,8-9,11-12,19H2,1-3H3;1H. The summed E-state index contributed by atoms with van der Waals surface area (Å²) in [5, 5.41) is 0. The van der Waals surface area contributed by atoms with Crippen molar-refractivity contribution in [1.82, 2.24) is 4.90 Å². The predicted octanol–water partition coefficient (Wildman–Crippen LogP) is 3.11. The van der Waals surface area contributed by atoms with Gasteiger partial charge in [-0.2, -0.15) is 0 Å². The highest BCUT2D eigenvalue weighted by molar-refractivity contribution is 5.89. The molecule has 1 amide bonds. The molecule has 22 heavy (non-hydrogen) atoms. The van der Waals surface area contributed by atoms with Gasteiger partial charge in [-0.05, 0) is 42.5 Å². The molecule has 0 spiro atoms. The van der Waals surface area contributed by atoms with Crippen LogP contribution in [0.1, 0.15) is 38.7 Å². The Bertz CT molecular complexity index is 529. The molecule has 0 unspecified atom stereocenters. The maximum atomic E-state index is 13.5. The minimum absolute atomic E-state index is 0. The van der Waals surface area contributed by atoms with Crippen molar-refractivity contribution in [1.29, 1.82) is 0 Å². The smallest absolute Gasteiger partial charge is 0.232 e. The van der Waals surface area contributed by atoms with Crippen molar-refractivity contribution in [3.05, 3.63) is 35.6 Å². The molecule has 1 aromatic rings. The van der Waals surface area contributed by atoms with Crippen LogP contribution in [0.2, 0.25) is 0 Å². The van der Waals surface area contributed by atoms with Gasteiger partial charge in [-0.25, -0.2) is 4.39 Å². The molecular weight excluding hydrogens is 303 g/mol. The second kappa shape index (κ2) is 6.97. The van der Waals surface area contributed by atoms with Gasteiger partial charge in [0.25, 0.3) is 0 Å². The van der Waals surface area contributed by atoms with Crippen LogP contribution in [0, 0.1) is 11.2 Å².